The first-order valence-electron chi connectivity index (χ1n) is 7.34. The second kappa shape index (κ2) is 8.22. The van der Waals surface area contributed by atoms with Gasteiger partial charge in [-0.2, -0.15) is 0 Å². The molecule has 0 radical (unpaired) electrons. The van der Waals surface area contributed by atoms with E-state index in [-0.39, 0.29) is 11.9 Å². The SMILES string of the molecule is CCC(N)Cc1c(F)cccc1N(C)CCCN(C)C. The molecule has 1 aromatic carbocycles. The lowest BCUT2D eigenvalue weighted by molar-refractivity contribution is 0.401. The summed E-state index contributed by atoms with van der Waals surface area (Å²) in [5.74, 6) is -0.147. The highest BCUT2D eigenvalue weighted by molar-refractivity contribution is 5.54. The molecule has 4 heteroatoms. The van der Waals surface area contributed by atoms with Gasteiger partial charge in [-0.15, -0.1) is 0 Å². The number of nitrogens with zero attached hydrogens (tertiary/aromatic N) is 2. The van der Waals surface area contributed by atoms with Crippen molar-refractivity contribution in [1.29, 1.82) is 0 Å². The molecule has 3 nitrogen and oxygen atoms in total. The van der Waals surface area contributed by atoms with E-state index in [1.54, 1.807) is 6.07 Å². The van der Waals surface area contributed by atoms with Crippen molar-refractivity contribution in [3.8, 4) is 0 Å². The Hall–Kier alpha value is -1.13. The summed E-state index contributed by atoms with van der Waals surface area (Å²) in [5, 5.41) is 0. The molecular weight excluding hydrogens is 253 g/mol. The maximum absolute atomic E-state index is 14.1. The van der Waals surface area contributed by atoms with Crippen LogP contribution in [0.25, 0.3) is 0 Å². The van der Waals surface area contributed by atoms with Gasteiger partial charge in [0.25, 0.3) is 0 Å². The molecule has 0 heterocycles. The largest absolute Gasteiger partial charge is 0.374 e. The van der Waals surface area contributed by atoms with Crippen molar-refractivity contribution < 1.29 is 4.39 Å². The van der Waals surface area contributed by atoms with Gasteiger partial charge in [0.05, 0.1) is 0 Å². The molecule has 20 heavy (non-hydrogen) atoms. The van der Waals surface area contributed by atoms with Gasteiger partial charge < -0.3 is 15.5 Å². The Labute approximate surface area is 122 Å². The zero-order chi connectivity index (χ0) is 15.1. The van der Waals surface area contributed by atoms with Gasteiger partial charge in [0.15, 0.2) is 0 Å². The second-order valence-electron chi connectivity index (χ2n) is 5.69. The Morgan fingerprint density at radius 3 is 2.50 bits per heavy atom. The van der Waals surface area contributed by atoms with Gasteiger partial charge >= 0.3 is 0 Å². The van der Waals surface area contributed by atoms with Crippen molar-refractivity contribution >= 4 is 5.69 Å². The quantitative estimate of drug-likeness (QED) is 0.794. The van der Waals surface area contributed by atoms with Gasteiger partial charge in [0, 0.05) is 30.9 Å². The van der Waals surface area contributed by atoms with Crippen LogP contribution in [0.2, 0.25) is 0 Å². The number of nitrogens with two attached hydrogens (primary N) is 1. The molecule has 0 fully saturated rings. The molecule has 114 valence electrons. The summed E-state index contributed by atoms with van der Waals surface area (Å²) < 4.78 is 14.1. The molecule has 0 aliphatic heterocycles. The number of hydrogen-bond acceptors (Lipinski definition) is 3. The average Bonchev–Trinajstić information content (AvgIpc) is 2.40. The third-order valence-electron chi connectivity index (χ3n) is 3.59. The molecule has 2 N–H and O–H groups in total. The summed E-state index contributed by atoms with van der Waals surface area (Å²) >= 11 is 0. The van der Waals surface area contributed by atoms with E-state index < -0.39 is 0 Å². The van der Waals surface area contributed by atoms with Gasteiger partial charge in [-0.25, -0.2) is 4.39 Å². The molecule has 0 spiro atoms. The summed E-state index contributed by atoms with van der Waals surface area (Å²) in [5.41, 5.74) is 7.70. The number of rotatable bonds is 8. The molecule has 0 saturated heterocycles. The molecule has 0 aromatic heterocycles. The summed E-state index contributed by atoms with van der Waals surface area (Å²) in [6, 6.07) is 5.29. The lowest BCUT2D eigenvalue weighted by Gasteiger charge is -2.24. The van der Waals surface area contributed by atoms with E-state index in [1.807, 2.05) is 20.0 Å². The fraction of sp³-hybridized carbons (Fsp3) is 0.625. The zero-order valence-corrected chi connectivity index (χ0v) is 13.2. The Morgan fingerprint density at radius 1 is 1.20 bits per heavy atom. The van der Waals surface area contributed by atoms with E-state index in [2.05, 4.69) is 23.9 Å². The van der Waals surface area contributed by atoms with Crippen molar-refractivity contribution in [2.45, 2.75) is 32.2 Å². The maximum atomic E-state index is 14.1. The normalized spacial score (nSPS) is 12.8. The number of halogens is 1. The predicted molar refractivity (Wildman–Crippen MR) is 84.8 cm³/mol. The lowest BCUT2D eigenvalue weighted by Crippen LogP contribution is -2.27. The fourth-order valence-corrected chi connectivity index (χ4v) is 2.26. The van der Waals surface area contributed by atoms with Crippen LogP contribution in [0.15, 0.2) is 18.2 Å². The standard InChI is InChI=1S/C16H28FN3/c1-5-13(18)12-14-15(17)8-6-9-16(14)20(4)11-7-10-19(2)3/h6,8-9,13H,5,7,10-12,18H2,1-4H3. The Morgan fingerprint density at radius 2 is 1.90 bits per heavy atom. The lowest BCUT2D eigenvalue weighted by atomic mass is 10.0. The first-order chi connectivity index (χ1) is 9.45. The van der Waals surface area contributed by atoms with E-state index in [9.17, 15) is 4.39 Å². The van der Waals surface area contributed by atoms with Crippen molar-refractivity contribution in [3.63, 3.8) is 0 Å². The number of hydrogen-bond donors (Lipinski definition) is 1. The highest BCUT2D eigenvalue weighted by Gasteiger charge is 2.14. The minimum Gasteiger partial charge on any atom is -0.374 e. The van der Waals surface area contributed by atoms with Crippen molar-refractivity contribution in [2.24, 2.45) is 5.73 Å². The number of anilines is 1. The first kappa shape index (κ1) is 16.9. The van der Waals surface area contributed by atoms with Crippen LogP contribution >= 0.6 is 0 Å². The molecule has 1 unspecified atom stereocenters. The van der Waals surface area contributed by atoms with E-state index in [1.165, 1.54) is 6.07 Å². The van der Waals surface area contributed by atoms with E-state index >= 15 is 0 Å². The molecule has 0 aliphatic rings. The predicted octanol–water partition coefficient (Wildman–Crippen LogP) is 2.49. The number of benzene rings is 1. The molecular formula is C16H28FN3. The minimum atomic E-state index is -0.147. The third-order valence-corrected chi connectivity index (χ3v) is 3.59. The van der Waals surface area contributed by atoms with E-state index in [4.69, 9.17) is 5.73 Å². The van der Waals surface area contributed by atoms with Gasteiger partial charge in [-0.1, -0.05) is 13.0 Å². The molecule has 1 atom stereocenters. The Balaban J connectivity index is 2.79. The first-order valence-corrected chi connectivity index (χ1v) is 7.34. The molecule has 0 bridgehead atoms. The summed E-state index contributed by atoms with van der Waals surface area (Å²) in [7, 11) is 6.15. The molecule has 0 saturated carbocycles. The molecule has 0 amide bonds. The van der Waals surface area contributed by atoms with Gasteiger partial charge in [0.2, 0.25) is 0 Å². The van der Waals surface area contributed by atoms with Crippen LogP contribution in [0.4, 0.5) is 10.1 Å². The Kier molecular flexibility index (Phi) is 6.96. The second-order valence-corrected chi connectivity index (χ2v) is 5.69. The zero-order valence-electron chi connectivity index (χ0n) is 13.2. The van der Waals surface area contributed by atoms with Crippen molar-refractivity contribution in [2.75, 3.05) is 39.1 Å². The minimum absolute atomic E-state index is 0.0147. The van der Waals surface area contributed by atoms with E-state index in [0.29, 0.717) is 6.42 Å². The van der Waals surface area contributed by atoms with Crippen LogP contribution in [-0.4, -0.2) is 45.2 Å². The van der Waals surface area contributed by atoms with Crippen LogP contribution in [0.5, 0.6) is 0 Å². The Bertz CT molecular complexity index is 407. The van der Waals surface area contributed by atoms with Crippen molar-refractivity contribution in [1.82, 2.24) is 4.90 Å². The molecule has 0 aliphatic carbocycles. The topological polar surface area (TPSA) is 32.5 Å². The van der Waals surface area contributed by atoms with Crippen LogP contribution in [-0.2, 0) is 6.42 Å². The smallest absolute Gasteiger partial charge is 0.128 e. The highest BCUT2D eigenvalue weighted by Crippen LogP contribution is 2.24. The highest BCUT2D eigenvalue weighted by atomic mass is 19.1. The molecule has 1 aromatic rings. The molecule has 1 rings (SSSR count). The van der Waals surface area contributed by atoms with Gasteiger partial charge in [0.1, 0.15) is 5.82 Å². The monoisotopic (exact) mass is 281 g/mol. The van der Waals surface area contributed by atoms with Crippen molar-refractivity contribution in [3.05, 3.63) is 29.6 Å². The van der Waals surface area contributed by atoms with Gasteiger partial charge in [-0.05, 0) is 52.0 Å². The van der Waals surface area contributed by atoms with Gasteiger partial charge in [-0.3, -0.25) is 0 Å². The summed E-state index contributed by atoms with van der Waals surface area (Å²) in [6.07, 6.45) is 2.51. The fourth-order valence-electron chi connectivity index (χ4n) is 2.26. The summed E-state index contributed by atoms with van der Waals surface area (Å²) in [6.45, 7) is 3.98. The van der Waals surface area contributed by atoms with Crippen LogP contribution in [0.1, 0.15) is 25.3 Å². The van der Waals surface area contributed by atoms with Crippen LogP contribution in [0, 0.1) is 5.82 Å². The third kappa shape index (κ3) is 5.10. The van der Waals surface area contributed by atoms with E-state index in [0.717, 1.165) is 37.2 Å². The average molecular weight is 281 g/mol. The van der Waals surface area contributed by atoms with Crippen LogP contribution in [0.3, 0.4) is 0 Å². The summed E-state index contributed by atoms with van der Waals surface area (Å²) in [4.78, 5) is 4.29. The maximum Gasteiger partial charge on any atom is 0.128 e. The van der Waals surface area contributed by atoms with Crippen LogP contribution < -0.4 is 10.6 Å².